The van der Waals surface area contributed by atoms with Crippen LogP contribution in [0.1, 0.15) is 22.7 Å². The van der Waals surface area contributed by atoms with Crippen molar-refractivity contribution in [3.8, 4) is 17.2 Å². The predicted molar refractivity (Wildman–Crippen MR) is 142 cm³/mol. The van der Waals surface area contributed by atoms with E-state index in [2.05, 4.69) is 59.7 Å². The van der Waals surface area contributed by atoms with Crippen molar-refractivity contribution in [1.29, 1.82) is 0 Å². The first-order chi connectivity index (χ1) is 14.9. The highest BCUT2D eigenvalue weighted by atomic mass is 127. The molecule has 2 N–H and O–H groups in total. The van der Waals surface area contributed by atoms with Crippen LogP contribution >= 0.6 is 24.0 Å². The number of methoxy groups -OCH3 is 3. The number of ether oxygens (including phenoxy) is 3. The molecule has 0 fully saturated rings. The van der Waals surface area contributed by atoms with Crippen molar-refractivity contribution in [3.05, 3.63) is 53.1 Å². The quantitative estimate of drug-likeness (QED) is 0.265. The summed E-state index contributed by atoms with van der Waals surface area (Å²) in [4.78, 5) is 6.53. The Hall–Kier alpha value is -2.20. The van der Waals surface area contributed by atoms with Crippen molar-refractivity contribution in [2.45, 2.75) is 19.4 Å². The first-order valence-electron chi connectivity index (χ1n) is 10.4. The standard InChI is InChI=1S/C24H36N4O3.HI/c1-17-8-10-21(29-5)19(14-17)12-13-26-24(25-2)27-16-20(28(3)4)18-9-11-22(30-6)23(15-18)31-7;/h8-11,14-15,20H,12-13,16H2,1-7H3,(H2,25,26,27);1H. The van der Waals surface area contributed by atoms with Crippen LogP contribution in [0.25, 0.3) is 0 Å². The minimum atomic E-state index is 0. The largest absolute Gasteiger partial charge is 0.496 e. The average Bonchev–Trinajstić information content (AvgIpc) is 2.77. The summed E-state index contributed by atoms with van der Waals surface area (Å²) in [5.41, 5.74) is 3.54. The van der Waals surface area contributed by atoms with Gasteiger partial charge in [-0.05, 0) is 56.8 Å². The molecule has 0 aliphatic rings. The lowest BCUT2D eigenvalue weighted by Crippen LogP contribution is -2.42. The highest BCUT2D eigenvalue weighted by Crippen LogP contribution is 2.31. The van der Waals surface area contributed by atoms with E-state index >= 15 is 0 Å². The molecule has 7 nitrogen and oxygen atoms in total. The van der Waals surface area contributed by atoms with Crippen molar-refractivity contribution >= 4 is 29.9 Å². The van der Waals surface area contributed by atoms with Crippen molar-refractivity contribution in [2.24, 2.45) is 4.99 Å². The molecule has 2 rings (SSSR count). The molecule has 0 amide bonds. The van der Waals surface area contributed by atoms with Gasteiger partial charge in [-0.3, -0.25) is 4.99 Å². The molecule has 8 heteroatoms. The molecule has 0 aliphatic carbocycles. The molecule has 0 aromatic heterocycles. The van der Waals surface area contributed by atoms with E-state index in [4.69, 9.17) is 14.2 Å². The summed E-state index contributed by atoms with van der Waals surface area (Å²) in [6.07, 6.45) is 0.846. The maximum Gasteiger partial charge on any atom is 0.191 e. The third kappa shape index (κ3) is 7.74. The molecule has 1 atom stereocenters. The van der Waals surface area contributed by atoms with E-state index in [1.165, 1.54) is 11.1 Å². The molecule has 0 radical (unpaired) electrons. The van der Waals surface area contributed by atoms with E-state index in [0.717, 1.165) is 41.7 Å². The SMILES string of the molecule is CN=C(NCCc1cc(C)ccc1OC)NCC(c1ccc(OC)c(OC)c1)N(C)C.I. The Morgan fingerprint density at radius 1 is 0.938 bits per heavy atom. The van der Waals surface area contributed by atoms with Gasteiger partial charge in [0.05, 0.1) is 27.4 Å². The van der Waals surface area contributed by atoms with Crippen LogP contribution in [0.5, 0.6) is 17.2 Å². The third-order valence-electron chi connectivity index (χ3n) is 5.22. The van der Waals surface area contributed by atoms with Gasteiger partial charge in [0.1, 0.15) is 5.75 Å². The molecule has 0 saturated carbocycles. The van der Waals surface area contributed by atoms with Gasteiger partial charge >= 0.3 is 0 Å². The van der Waals surface area contributed by atoms with E-state index in [1.807, 2.05) is 18.2 Å². The lowest BCUT2D eigenvalue weighted by molar-refractivity contribution is 0.295. The highest BCUT2D eigenvalue weighted by Gasteiger charge is 2.17. The Balaban J connectivity index is 0.00000512. The molecule has 2 aromatic carbocycles. The van der Waals surface area contributed by atoms with Crippen LogP contribution in [-0.2, 0) is 6.42 Å². The normalized spacial score (nSPS) is 12.1. The monoisotopic (exact) mass is 556 g/mol. The molecule has 178 valence electrons. The third-order valence-corrected chi connectivity index (χ3v) is 5.22. The number of guanidine groups is 1. The summed E-state index contributed by atoms with van der Waals surface area (Å²) >= 11 is 0. The fourth-order valence-electron chi connectivity index (χ4n) is 3.49. The Morgan fingerprint density at radius 2 is 1.59 bits per heavy atom. The van der Waals surface area contributed by atoms with E-state index in [1.54, 1.807) is 28.4 Å². The Morgan fingerprint density at radius 3 is 2.19 bits per heavy atom. The average molecular weight is 556 g/mol. The first kappa shape index (κ1) is 27.8. The lowest BCUT2D eigenvalue weighted by atomic mass is 10.1. The molecule has 0 saturated heterocycles. The maximum absolute atomic E-state index is 5.48. The van der Waals surface area contributed by atoms with Crippen molar-refractivity contribution in [2.75, 3.05) is 55.6 Å². The van der Waals surface area contributed by atoms with Gasteiger partial charge in [-0.15, -0.1) is 24.0 Å². The van der Waals surface area contributed by atoms with Gasteiger partial charge in [0, 0.05) is 20.1 Å². The van der Waals surface area contributed by atoms with Gasteiger partial charge < -0.3 is 29.7 Å². The molecular formula is C24H37IN4O3. The Labute approximate surface area is 209 Å². The summed E-state index contributed by atoms with van der Waals surface area (Å²) in [7, 11) is 10.9. The topological polar surface area (TPSA) is 67.4 Å². The van der Waals surface area contributed by atoms with Crippen LogP contribution in [0.15, 0.2) is 41.4 Å². The molecule has 0 heterocycles. The zero-order chi connectivity index (χ0) is 22.8. The van der Waals surface area contributed by atoms with Crippen LogP contribution in [0, 0.1) is 6.92 Å². The molecular weight excluding hydrogens is 519 g/mol. The molecule has 2 aromatic rings. The second kappa shape index (κ2) is 14.1. The Kier molecular flexibility index (Phi) is 12.2. The minimum Gasteiger partial charge on any atom is -0.496 e. The molecule has 32 heavy (non-hydrogen) atoms. The van der Waals surface area contributed by atoms with Gasteiger partial charge in [0.2, 0.25) is 0 Å². The number of benzene rings is 2. The highest BCUT2D eigenvalue weighted by molar-refractivity contribution is 14.0. The van der Waals surface area contributed by atoms with Gasteiger partial charge in [0.15, 0.2) is 17.5 Å². The summed E-state index contributed by atoms with van der Waals surface area (Å²) in [6.45, 7) is 3.53. The van der Waals surface area contributed by atoms with Gasteiger partial charge in [0.25, 0.3) is 0 Å². The number of rotatable bonds is 10. The second-order valence-electron chi connectivity index (χ2n) is 7.54. The van der Waals surface area contributed by atoms with E-state index in [0.29, 0.717) is 6.54 Å². The minimum absolute atomic E-state index is 0. The fraction of sp³-hybridized carbons (Fsp3) is 0.458. The number of likely N-dealkylation sites (N-methyl/N-ethyl adjacent to an activating group) is 1. The molecule has 0 spiro atoms. The van der Waals surface area contributed by atoms with Crippen molar-refractivity contribution in [1.82, 2.24) is 15.5 Å². The summed E-state index contributed by atoms with van der Waals surface area (Å²) in [5.74, 6) is 3.12. The van der Waals surface area contributed by atoms with E-state index in [9.17, 15) is 0 Å². The summed E-state index contributed by atoms with van der Waals surface area (Å²) < 4.78 is 16.3. The fourth-order valence-corrected chi connectivity index (χ4v) is 3.49. The number of nitrogens with one attached hydrogen (secondary N) is 2. The molecule has 0 aliphatic heterocycles. The van der Waals surface area contributed by atoms with Gasteiger partial charge in [-0.2, -0.15) is 0 Å². The number of aliphatic imine (C=N–C) groups is 1. The lowest BCUT2D eigenvalue weighted by Gasteiger charge is -2.26. The zero-order valence-electron chi connectivity index (χ0n) is 20.2. The van der Waals surface area contributed by atoms with Gasteiger partial charge in [-0.1, -0.05) is 23.8 Å². The number of hydrogen-bond donors (Lipinski definition) is 2. The number of nitrogens with zero attached hydrogens (tertiary/aromatic N) is 2. The summed E-state index contributed by atoms with van der Waals surface area (Å²) in [5, 5.41) is 6.83. The van der Waals surface area contributed by atoms with Crippen molar-refractivity contribution < 1.29 is 14.2 Å². The van der Waals surface area contributed by atoms with E-state index in [-0.39, 0.29) is 30.0 Å². The second-order valence-corrected chi connectivity index (χ2v) is 7.54. The maximum atomic E-state index is 5.48. The van der Waals surface area contributed by atoms with Crippen LogP contribution in [0.2, 0.25) is 0 Å². The first-order valence-corrected chi connectivity index (χ1v) is 10.4. The molecule has 1 unspecified atom stereocenters. The predicted octanol–water partition coefficient (Wildman–Crippen LogP) is 3.65. The number of aryl methyl sites for hydroxylation is 1. The van der Waals surface area contributed by atoms with Crippen LogP contribution < -0.4 is 24.8 Å². The Bertz CT molecular complexity index is 874. The van der Waals surface area contributed by atoms with Crippen LogP contribution in [0.4, 0.5) is 0 Å². The van der Waals surface area contributed by atoms with Gasteiger partial charge in [-0.25, -0.2) is 0 Å². The zero-order valence-corrected chi connectivity index (χ0v) is 22.5. The number of hydrogen-bond acceptors (Lipinski definition) is 5. The van der Waals surface area contributed by atoms with E-state index < -0.39 is 0 Å². The summed E-state index contributed by atoms with van der Waals surface area (Å²) in [6, 6.07) is 12.4. The number of halogens is 1. The molecule has 0 bridgehead atoms. The van der Waals surface area contributed by atoms with Crippen molar-refractivity contribution in [3.63, 3.8) is 0 Å². The van der Waals surface area contributed by atoms with Crippen LogP contribution in [-0.4, -0.2) is 66.4 Å². The smallest absolute Gasteiger partial charge is 0.191 e. The van der Waals surface area contributed by atoms with Crippen LogP contribution in [0.3, 0.4) is 0 Å².